The number of anilines is 1. The van der Waals surface area contributed by atoms with Crippen molar-refractivity contribution in [1.29, 1.82) is 0 Å². The first kappa shape index (κ1) is 21.3. The van der Waals surface area contributed by atoms with E-state index in [-0.39, 0.29) is 30.4 Å². The minimum atomic E-state index is -3.44. The molecule has 0 radical (unpaired) electrons. The van der Waals surface area contributed by atoms with Crippen LogP contribution in [0.2, 0.25) is 0 Å². The highest BCUT2D eigenvalue weighted by Crippen LogP contribution is 2.18. The lowest BCUT2D eigenvalue weighted by Crippen LogP contribution is -2.50. The Morgan fingerprint density at radius 3 is 2.41 bits per heavy atom. The molecule has 1 aliphatic heterocycles. The molecule has 8 heteroatoms. The third-order valence-electron chi connectivity index (χ3n) is 4.95. The van der Waals surface area contributed by atoms with Crippen molar-refractivity contribution in [1.82, 2.24) is 9.62 Å². The molecule has 2 aromatic carbocycles. The van der Waals surface area contributed by atoms with Gasteiger partial charge in [0.15, 0.2) is 0 Å². The molecule has 0 aliphatic carbocycles. The highest BCUT2D eigenvalue weighted by atomic mass is 32.2. The van der Waals surface area contributed by atoms with E-state index in [9.17, 15) is 17.6 Å². The van der Waals surface area contributed by atoms with Crippen molar-refractivity contribution in [3.63, 3.8) is 0 Å². The molecule has 0 bridgehead atoms. The summed E-state index contributed by atoms with van der Waals surface area (Å²) in [6.45, 7) is 3.89. The van der Waals surface area contributed by atoms with Crippen LogP contribution in [0.15, 0.2) is 48.5 Å². The Hall–Kier alpha value is -2.45. The highest BCUT2D eigenvalue weighted by Gasteiger charge is 2.26. The number of nitrogens with zero attached hydrogens (tertiary/aromatic N) is 2. The molecule has 156 valence electrons. The summed E-state index contributed by atoms with van der Waals surface area (Å²) in [5.41, 5.74) is 2.87. The summed E-state index contributed by atoms with van der Waals surface area (Å²) in [6, 6.07) is 13.9. The van der Waals surface area contributed by atoms with Gasteiger partial charge in [-0.2, -0.15) is 4.31 Å². The van der Waals surface area contributed by atoms with Gasteiger partial charge in [-0.1, -0.05) is 29.8 Å². The molecular formula is C21H26FN3O3S. The molecular weight excluding hydrogens is 393 g/mol. The molecule has 1 N–H and O–H groups in total. The van der Waals surface area contributed by atoms with Gasteiger partial charge in [0, 0.05) is 38.4 Å². The Kier molecular flexibility index (Phi) is 6.87. The summed E-state index contributed by atoms with van der Waals surface area (Å²) in [5.74, 6) is -0.602. The summed E-state index contributed by atoms with van der Waals surface area (Å²) in [4.78, 5) is 14.1. The number of halogens is 1. The predicted octanol–water partition coefficient (Wildman–Crippen LogP) is 1.94. The molecule has 0 unspecified atom stereocenters. The Morgan fingerprint density at radius 2 is 1.76 bits per heavy atom. The van der Waals surface area contributed by atoms with Gasteiger partial charge in [0.2, 0.25) is 15.9 Å². The van der Waals surface area contributed by atoms with Gasteiger partial charge in [0.25, 0.3) is 0 Å². The van der Waals surface area contributed by atoms with Gasteiger partial charge in [-0.3, -0.25) is 4.79 Å². The monoisotopic (exact) mass is 419 g/mol. The van der Waals surface area contributed by atoms with Gasteiger partial charge >= 0.3 is 0 Å². The zero-order valence-corrected chi connectivity index (χ0v) is 17.3. The van der Waals surface area contributed by atoms with Crippen LogP contribution in [-0.2, 0) is 21.2 Å². The first-order chi connectivity index (χ1) is 13.8. The average molecular weight is 420 g/mol. The van der Waals surface area contributed by atoms with Crippen LogP contribution < -0.4 is 10.2 Å². The number of aryl methyl sites for hydroxylation is 1. The standard InChI is InChI=1S/C21H26FN3O3S/c1-17-3-2-4-18(15-17)16-21(26)23-9-14-29(27,28)25-12-10-24(11-13-25)20-7-5-19(22)6-8-20/h2-8,15H,9-14,16H2,1H3,(H,23,26). The van der Waals surface area contributed by atoms with Crippen molar-refractivity contribution in [2.75, 3.05) is 43.4 Å². The zero-order valence-electron chi connectivity index (χ0n) is 16.5. The lowest BCUT2D eigenvalue weighted by molar-refractivity contribution is -0.120. The van der Waals surface area contributed by atoms with Crippen molar-refractivity contribution in [2.24, 2.45) is 0 Å². The number of hydrogen-bond acceptors (Lipinski definition) is 4. The third-order valence-corrected chi connectivity index (χ3v) is 6.83. The summed E-state index contributed by atoms with van der Waals surface area (Å²) < 4.78 is 39.6. The van der Waals surface area contributed by atoms with E-state index < -0.39 is 10.0 Å². The maximum atomic E-state index is 13.1. The first-order valence-electron chi connectivity index (χ1n) is 9.64. The third kappa shape index (κ3) is 6.01. The van der Waals surface area contributed by atoms with Crippen LogP contribution in [0.5, 0.6) is 0 Å². The van der Waals surface area contributed by atoms with Gasteiger partial charge in [0.1, 0.15) is 5.82 Å². The lowest BCUT2D eigenvalue weighted by atomic mass is 10.1. The van der Waals surface area contributed by atoms with Crippen LogP contribution >= 0.6 is 0 Å². The predicted molar refractivity (Wildman–Crippen MR) is 112 cm³/mol. The summed E-state index contributed by atoms with van der Waals surface area (Å²) in [7, 11) is -3.44. The molecule has 3 rings (SSSR count). The number of hydrogen-bond donors (Lipinski definition) is 1. The van der Waals surface area contributed by atoms with Crippen molar-refractivity contribution >= 4 is 21.6 Å². The normalized spacial score (nSPS) is 15.3. The van der Waals surface area contributed by atoms with Crippen LogP contribution in [0.1, 0.15) is 11.1 Å². The molecule has 0 spiro atoms. The molecule has 1 saturated heterocycles. The Bertz CT molecular complexity index is 940. The van der Waals surface area contributed by atoms with Crippen LogP contribution in [0.3, 0.4) is 0 Å². The zero-order chi connectivity index (χ0) is 20.9. The largest absolute Gasteiger partial charge is 0.369 e. The molecule has 1 aliphatic rings. The van der Waals surface area contributed by atoms with Crippen LogP contribution in [-0.4, -0.2) is 57.1 Å². The lowest BCUT2D eigenvalue weighted by Gasteiger charge is -2.35. The number of sulfonamides is 1. The van der Waals surface area contributed by atoms with E-state index in [2.05, 4.69) is 5.32 Å². The van der Waals surface area contributed by atoms with Gasteiger partial charge in [-0.05, 0) is 36.8 Å². The molecule has 6 nitrogen and oxygen atoms in total. The fourth-order valence-corrected chi connectivity index (χ4v) is 4.73. The van der Waals surface area contributed by atoms with Gasteiger partial charge in [-0.25, -0.2) is 12.8 Å². The molecule has 1 amide bonds. The fraction of sp³-hybridized carbons (Fsp3) is 0.381. The van der Waals surface area contributed by atoms with Crippen molar-refractivity contribution in [3.05, 3.63) is 65.5 Å². The second-order valence-corrected chi connectivity index (χ2v) is 9.28. The van der Waals surface area contributed by atoms with E-state index in [1.165, 1.54) is 16.4 Å². The van der Waals surface area contributed by atoms with Gasteiger partial charge in [0.05, 0.1) is 12.2 Å². The topological polar surface area (TPSA) is 69.7 Å². The number of carbonyl (C=O) groups is 1. The quantitative estimate of drug-likeness (QED) is 0.745. The summed E-state index contributed by atoms with van der Waals surface area (Å²) in [5, 5.41) is 2.70. The number of piperazine rings is 1. The Morgan fingerprint density at radius 1 is 1.07 bits per heavy atom. The summed E-state index contributed by atoms with van der Waals surface area (Å²) >= 11 is 0. The minimum absolute atomic E-state index is 0.0885. The maximum Gasteiger partial charge on any atom is 0.224 e. The van der Waals surface area contributed by atoms with E-state index in [0.29, 0.717) is 26.2 Å². The smallest absolute Gasteiger partial charge is 0.224 e. The number of rotatable bonds is 7. The van der Waals surface area contributed by atoms with Crippen molar-refractivity contribution in [3.8, 4) is 0 Å². The second kappa shape index (κ2) is 9.37. The average Bonchev–Trinajstić information content (AvgIpc) is 2.68. The van der Waals surface area contributed by atoms with E-state index in [0.717, 1.165) is 16.8 Å². The van der Waals surface area contributed by atoms with E-state index in [4.69, 9.17) is 0 Å². The second-order valence-electron chi connectivity index (χ2n) is 7.19. The number of nitrogens with one attached hydrogen (secondary N) is 1. The van der Waals surface area contributed by atoms with Gasteiger partial charge < -0.3 is 10.2 Å². The molecule has 1 fully saturated rings. The number of carbonyl (C=O) groups excluding carboxylic acids is 1. The minimum Gasteiger partial charge on any atom is -0.369 e. The van der Waals surface area contributed by atoms with Crippen molar-refractivity contribution in [2.45, 2.75) is 13.3 Å². The van der Waals surface area contributed by atoms with E-state index in [1.54, 1.807) is 12.1 Å². The highest BCUT2D eigenvalue weighted by molar-refractivity contribution is 7.89. The summed E-state index contributed by atoms with van der Waals surface area (Å²) in [6.07, 6.45) is 0.234. The van der Waals surface area contributed by atoms with Crippen LogP contribution in [0, 0.1) is 12.7 Å². The van der Waals surface area contributed by atoms with Gasteiger partial charge in [-0.15, -0.1) is 0 Å². The molecule has 0 saturated carbocycles. The molecule has 1 heterocycles. The number of amides is 1. The molecule has 29 heavy (non-hydrogen) atoms. The maximum absolute atomic E-state index is 13.1. The van der Waals surface area contributed by atoms with E-state index in [1.807, 2.05) is 36.1 Å². The first-order valence-corrected chi connectivity index (χ1v) is 11.2. The van der Waals surface area contributed by atoms with Crippen LogP contribution in [0.25, 0.3) is 0 Å². The SMILES string of the molecule is Cc1cccc(CC(=O)NCCS(=O)(=O)N2CCN(c3ccc(F)cc3)CC2)c1. The Labute approximate surface area is 171 Å². The molecule has 2 aromatic rings. The van der Waals surface area contributed by atoms with Crippen LogP contribution in [0.4, 0.5) is 10.1 Å². The van der Waals surface area contributed by atoms with Crippen molar-refractivity contribution < 1.29 is 17.6 Å². The molecule has 0 aromatic heterocycles. The molecule has 0 atom stereocenters. The fourth-order valence-electron chi connectivity index (χ4n) is 3.39. The Balaban J connectivity index is 1.44. The van der Waals surface area contributed by atoms with E-state index >= 15 is 0 Å². The number of benzene rings is 2.